The topological polar surface area (TPSA) is 134 Å². The van der Waals surface area contributed by atoms with Crippen molar-refractivity contribution in [1.29, 1.82) is 5.26 Å². The molecule has 0 unspecified atom stereocenters. The molecule has 16 heteroatoms. The number of carbonyl (C=O) groups is 1. The zero-order valence-electron chi connectivity index (χ0n) is 26.4. The Morgan fingerprint density at radius 2 is 1.85 bits per heavy atom. The van der Waals surface area contributed by atoms with Gasteiger partial charge in [-0.2, -0.15) is 14.7 Å². The van der Waals surface area contributed by atoms with Gasteiger partial charge in [-0.25, -0.2) is 17.2 Å². The lowest BCUT2D eigenvalue weighted by atomic mass is 10.0. The van der Waals surface area contributed by atoms with Gasteiger partial charge in [-0.05, 0) is 48.7 Å². The minimum Gasteiger partial charge on any atom is -0.365 e. The highest BCUT2D eigenvalue weighted by molar-refractivity contribution is 7.89. The van der Waals surface area contributed by atoms with Gasteiger partial charge in [-0.1, -0.05) is 43.1 Å². The van der Waals surface area contributed by atoms with Crippen LogP contribution in [0.1, 0.15) is 34.6 Å². The molecule has 4 aromatic rings. The fourth-order valence-corrected chi connectivity index (χ4v) is 8.14. The van der Waals surface area contributed by atoms with Crippen LogP contribution < -0.4 is 0 Å². The predicted octanol–water partition coefficient (Wildman–Crippen LogP) is 5.76. The monoisotopic (exact) mass is 687 g/mol. The molecule has 0 radical (unpaired) electrons. The fraction of sp³-hybridized carbons (Fsp3) is 0.433. The van der Waals surface area contributed by atoms with Gasteiger partial charge in [0.05, 0.1) is 16.5 Å². The Bertz CT molecular complexity index is 1930. The first kappa shape index (κ1) is 33.7. The SMILES string of the molecule is CN(C)C(=O)c1ccc(-c2cc(S(=O)(=O)N(COCC[Si](C)(C)C)C3(C#N)CC3)cc3c(-c4nnc(C(F)F)s4)nn(C)c23)cc1. The normalized spacial score (nSPS) is 14.6. The van der Waals surface area contributed by atoms with Gasteiger partial charge in [0.25, 0.3) is 12.3 Å². The van der Waals surface area contributed by atoms with Gasteiger partial charge in [-0.15, -0.1) is 10.2 Å². The average Bonchev–Trinajstić information content (AvgIpc) is 3.48. The summed E-state index contributed by atoms with van der Waals surface area (Å²) in [7, 11) is -0.837. The Kier molecular flexibility index (Phi) is 9.19. The number of ether oxygens (including phenoxy) is 1. The second kappa shape index (κ2) is 12.5. The van der Waals surface area contributed by atoms with E-state index in [2.05, 4.69) is 41.0 Å². The first-order chi connectivity index (χ1) is 21.6. The molecule has 0 N–H and O–H groups in total. The summed E-state index contributed by atoms with van der Waals surface area (Å²) < 4.78 is 64.3. The quantitative estimate of drug-likeness (QED) is 0.104. The minimum atomic E-state index is -4.33. The first-order valence-electron chi connectivity index (χ1n) is 14.5. The number of rotatable bonds is 12. The van der Waals surface area contributed by atoms with Gasteiger partial charge in [0.2, 0.25) is 10.0 Å². The van der Waals surface area contributed by atoms with E-state index in [9.17, 15) is 27.3 Å². The van der Waals surface area contributed by atoms with Gasteiger partial charge in [0, 0.05) is 52.3 Å². The van der Waals surface area contributed by atoms with E-state index >= 15 is 0 Å². The summed E-state index contributed by atoms with van der Waals surface area (Å²) in [6.45, 7) is 6.65. The number of aromatic nitrogens is 4. The maximum absolute atomic E-state index is 14.5. The third-order valence-corrected chi connectivity index (χ3v) is 12.3. The number of nitriles is 1. The molecule has 2 heterocycles. The van der Waals surface area contributed by atoms with Crippen molar-refractivity contribution in [1.82, 2.24) is 29.2 Å². The number of benzene rings is 2. The number of hydrogen-bond acceptors (Lipinski definition) is 9. The van der Waals surface area contributed by atoms with E-state index in [-0.39, 0.29) is 28.2 Å². The van der Waals surface area contributed by atoms with E-state index in [0.717, 1.165) is 10.3 Å². The molecule has 2 aromatic heterocycles. The Hall–Kier alpha value is -3.62. The van der Waals surface area contributed by atoms with Crippen LogP contribution in [0, 0.1) is 11.3 Å². The lowest BCUT2D eigenvalue weighted by Crippen LogP contribution is -2.43. The van der Waals surface area contributed by atoms with Crippen molar-refractivity contribution in [3.8, 4) is 27.9 Å². The number of alkyl halides is 2. The van der Waals surface area contributed by atoms with Crippen molar-refractivity contribution < 1.29 is 26.7 Å². The van der Waals surface area contributed by atoms with Crippen LogP contribution in [0.5, 0.6) is 0 Å². The van der Waals surface area contributed by atoms with Gasteiger partial charge in [0.15, 0.2) is 10.0 Å². The summed E-state index contributed by atoms with van der Waals surface area (Å²) in [5.74, 6) is -0.196. The zero-order valence-corrected chi connectivity index (χ0v) is 29.0. The molecule has 5 rings (SSSR count). The number of fused-ring (bicyclic) bond motifs is 1. The highest BCUT2D eigenvalue weighted by Gasteiger charge is 2.54. The standard InChI is InChI=1S/C30H35F2N7O4S2Si/c1-37(2)29(40)20-9-7-19(8-10-20)22-15-21(16-23-24(36-38(3)25(22)23)27-34-35-28(44-27)26(31)32)45(41,42)39(30(17-33)11-12-30)18-43-13-14-46(4,5)6/h7-10,15-16,26H,11-14,18H2,1-6H3. The molecule has 46 heavy (non-hydrogen) atoms. The number of nitrogens with zero attached hydrogens (tertiary/aromatic N) is 7. The summed E-state index contributed by atoms with van der Waals surface area (Å²) in [5.41, 5.74) is 0.995. The highest BCUT2D eigenvalue weighted by Crippen LogP contribution is 2.45. The van der Waals surface area contributed by atoms with Crippen LogP contribution in [0.3, 0.4) is 0 Å². The molecule has 1 amide bonds. The molecule has 1 saturated carbocycles. The Morgan fingerprint density at radius 3 is 2.39 bits per heavy atom. The summed E-state index contributed by atoms with van der Waals surface area (Å²) >= 11 is 0.675. The Morgan fingerprint density at radius 1 is 1.17 bits per heavy atom. The van der Waals surface area contributed by atoms with E-state index in [1.165, 1.54) is 21.7 Å². The van der Waals surface area contributed by atoms with Gasteiger partial charge in [-0.3, -0.25) is 9.48 Å². The number of amides is 1. The van der Waals surface area contributed by atoms with Crippen molar-refractivity contribution in [2.75, 3.05) is 27.4 Å². The maximum atomic E-state index is 14.5. The second-order valence-corrected chi connectivity index (χ2v) is 21.2. The van der Waals surface area contributed by atoms with Crippen LogP contribution in [-0.2, 0) is 21.8 Å². The van der Waals surface area contributed by atoms with Crippen molar-refractivity contribution in [3.05, 3.63) is 47.0 Å². The summed E-state index contributed by atoms with van der Waals surface area (Å²) in [6, 6.07) is 12.7. The molecule has 0 aliphatic heterocycles. The van der Waals surface area contributed by atoms with Crippen LogP contribution in [0.2, 0.25) is 25.7 Å². The van der Waals surface area contributed by atoms with E-state index < -0.39 is 35.1 Å². The minimum absolute atomic E-state index is 0.107. The largest absolute Gasteiger partial charge is 0.365 e. The molecule has 0 saturated heterocycles. The van der Waals surface area contributed by atoms with Crippen molar-refractivity contribution >= 4 is 46.2 Å². The van der Waals surface area contributed by atoms with Gasteiger partial charge < -0.3 is 9.64 Å². The van der Waals surface area contributed by atoms with Crippen molar-refractivity contribution in [2.24, 2.45) is 7.05 Å². The van der Waals surface area contributed by atoms with Gasteiger partial charge >= 0.3 is 0 Å². The van der Waals surface area contributed by atoms with Gasteiger partial charge in [0.1, 0.15) is 18.0 Å². The number of halogens is 2. The maximum Gasteiger partial charge on any atom is 0.291 e. The smallest absolute Gasteiger partial charge is 0.291 e. The predicted molar refractivity (Wildman–Crippen MR) is 174 cm³/mol. The third kappa shape index (κ3) is 6.60. The van der Waals surface area contributed by atoms with E-state index in [1.807, 2.05) is 0 Å². The lowest BCUT2D eigenvalue weighted by molar-refractivity contribution is 0.0660. The number of sulfonamides is 1. The molecule has 1 aliphatic rings. The molecule has 11 nitrogen and oxygen atoms in total. The summed E-state index contributed by atoms with van der Waals surface area (Å²) in [4.78, 5) is 13.9. The molecule has 2 aromatic carbocycles. The number of hydrogen-bond donors (Lipinski definition) is 0. The van der Waals surface area contributed by atoms with Crippen LogP contribution >= 0.6 is 11.3 Å². The fourth-order valence-electron chi connectivity index (χ4n) is 5.00. The number of aryl methyl sites for hydroxylation is 1. The average molecular weight is 688 g/mol. The Balaban J connectivity index is 1.68. The van der Waals surface area contributed by atoms with Crippen LogP contribution in [0.25, 0.3) is 32.7 Å². The molecule has 0 atom stereocenters. The lowest BCUT2D eigenvalue weighted by Gasteiger charge is -2.27. The molecule has 1 aliphatic carbocycles. The highest BCUT2D eigenvalue weighted by atomic mass is 32.2. The van der Waals surface area contributed by atoms with E-state index in [1.54, 1.807) is 45.4 Å². The number of carbonyl (C=O) groups excluding carboxylic acids is 1. The first-order valence-corrected chi connectivity index (χ1v) is 20.5. The molecule has 244 valence electrons. The second-order valence-electron chi connectivity index (χ2n) is 12.7. The van der Waals surface area contributed by atoms with Crippen molar-refractivity contribution in [3.63, 3.8) is 0 Å². The molecule has 0 spiro atoms. The van der Waals surface area contributed by atoms with Crippen molar-refractivity contribution in [2.45, 2.75) is 55.4 Å². The van der Waals surface area contributed by atoms with Crippen LogP contribution in [0.4, 0.5) is 8.78 Å². The van der Waals surface area contributed by atoms with E-state index in [4.69, 9.17) is 4.74 Å². The van der Waals surface area contributed by atoms with Crippen LogP contribution in [-0.4, -0.2) is 84.6 Å². The third-order valence-electron chi connectivity index (χ3n) is 7.79. The summed E-state index contributed by atoms with van der Waals surface area (Å²) in [6.07, 6.45) is -2.09. The molecular formula is C30H35F2N7O4S2Si. The molecular weight excluding hydrogens is 653 g/mol. The molecule has 0 bridgehead atoms. The van der Waals surface area contributed by atoms with Crippen LogP contribution in [0.15, 0.2) is 41.3 Å². The Labute approximate surface area is 271 Å². The zero-order chi connectivity index (χ0) is 33.6. The molecule has 1 fully saturated rings. The summed E-state index contributed by atoms with van der Waals surface area (Å²) in [5, 5.41) is 22.1. The van der Waals surface area contributed by atoms with E-state index in [0.29, 0.717) is 58.4 Å².